The first kappa shape index (κ1) is 8.29. The van der Waals surface area contributed by atoms with Crippen LogP contribution >= 0.6 is 0 Å². The zero-order valence-corrected chi connectivity index (χ0v) is 6.88. The van der Waals surface area contributed by atoms with Crippen LogP contribution in [0.3, 0.4) is 0 Å². The minimum atomic E-state index is -0.982. The number of rotatable bonds is 2. The van der Waals surface area contributed by atoms with Crippen LogP contribution < -0.4 is 0 Å². The maximum Gasteiger partial charge on any atom is 0.307 e. The van der Waals surface area contributed by atoms with Crippen molar-refractivity contribution in [3.05, 3.63) is 12.2 Å². The van der Waals surface area contributed by atoms with Crippen LogP contribution in [0.15, 0.2) is 12.2 Å². The second-order valence-electron chi connectivity index (χ2n) is 3.68. The Kier molecular flexibility index (Phi) is 1.65. The van der Waals surface area contributed by atoms with Crippen molar-refractivity contribution in [2.75, 3.05) is 0 Å². The highest BCUT2D eigenvalue weighted by atomic mass is 16.4. The van der Waals surface area contributed by atoms with E-state index in [0.29, 0.717) is 6.42 Å². The summed E-state index contributed by atoms with van der Waals surface area (Å²) in [5.41, 5.74) is 0. The molecule has 0 saturated heterocycles. The lowest BCUT2D eigenvalue weighted by Crippen LogP contribution is -2.32. The Hall–Kier alpha value is -1.32. The molecule has 0 heterocycles. The molecule has 70 valence electrons. The van der Waals surface area contributed by atoms with Crippen LogP contribution in [0.25, 0.3) is 0 Å². The molecule has 2 aliphatic rings. The normalized spacial score (nSPS) is 40.9. The van der Waals surface area contributed by atoms with Crippen molar-refractivity contribution in [3.63, 3.8) is 0 Å². The van der Waals surface area contributed by atoms with Gasteiger partial charge in [-0.15, -0.1) is 0 Å². The standard InChI is InChI=1S/C9H10O4/c10-8(11)6-4-1-2-5(3-4)7(6)9(12)13/h1-2,4-7H,3H2,(H,10,11)(H,12,13)/t4-,5?,6-,7+/m1/s1. The average molecular weight is 182 g/mol. The Morgan fingerprint density at radius 3 is 1.69 bits per heavy atom. The third kappa shape index (κ3) is 1.05. The summed E-state index contributed by atoms with van der Waals surface area (Å²) in [6.45, 7) is 0. The number of hydrogen-bond donors (Lipinski definition) is 2. The van der Waals surface area contributed by atoms with Gasteiger partial charge in [-0.2, -0.15) is 0 Å². The van der Waals surface area contributed by atoms with Gasteiger partial charge in [0, 0.05) is 0 Å². The first-order valence-electron chi connectivity index (χ1n) is 4.25. The summed E-state index contributed by atoms with van der Waals surface area (Å²) in [7, 11) is 0. The summed E-state index contributed by atoms with van der Waals surface area (Å²) < 4.78 is 0. The maximum atomic E-state index is 10.8. The quantitative estimate of drug-likeness (QED) is 0.613. The Morgan fingerprint density at radius 1 is 1.00 bits per heavy atom. The summed E-state index contributed by atoms with van der Waals surface area (Å²) >= 11 is 0. The van der Waals surface area contributed by atoms with Gasteiger partial charge in [-0.1, -0.05) is 12.2 Å². The van der Waals surface area contributed by atoms with Gasteiger partial charge in [0.05, 0.1) is 11.8 Å². The van der Waals surface area contributed by atoms with Crippen LogP contribution in [0.2, 0.25) is 0 Å². The van der Waals surface area contributed by atoms with Gasteiger partial charge in [-0.25, -0.2) is 0 Å². The number of fused-ring (bicyclic) bond motifs is 2. The third-order valence-corrected chi connectivity index (χ3v) is 3.03. The molecular formula is C9H10O4. The van der Waals surface area contributed by atoms with Crippen molar-refractivity contribution in [2.45, 2.75) is 6.42 Å². The van der Waals surface area contributed by atoms with Gasteiger partial charge < -0.3 is 10.2 Å². The SMILES string of the molecule is O=C(O)[C@@H]1[C@@H]2C=CC(C2)[C@@H]1C(=O)O. The van der Waals surface area contributed by atoms with E-state index in [0.717, 1.165) is 0 Å². The zero-order chi connectivity index (χ0) is 9.59. The van der Waals surface area contributed by atoms with Crippen LogP contribution in [0.4, 0.5) is 0 Å². The predicted octanol–water partition coefficient (Wildman–Crippen LogP) is 0.594. The van der Waals surface area contributed by atoms with Gasteiger partial charge >= 0.3 is 11.9 Å². The molecule has 0 aromatic carbocycles. The van der Waals surface area contributed by atoms with Gasteiger partial charge in [0.25, 0.3) is 0 Å². The Morgan fingerprint density at radius 2 is 1.38 bits per heavy atom. The number of carboxylic acid groups (broad SMARTS) is 2. The number of carbonyl (C=O) groups is 2. The lowest BCUT2D eigenvalue weighted by atomic mass is 9.83. The number of hydrogen-bond acceptors (Lipinski definition) is 2. The van der Waals surface area contributed by atoms with Gasteiger partial charge in [0.1, 0.15) is 0 Å². The average Bonchev–Trinajstić information content (AvgIpc) is 2.60. The molecule has 2 rings (SSSR count). The second kappa shape index (κ2) is 2.58. The lowest BCUT2D eigenvalue weighted by molar-refractivity contribution is -0.154. The molecule has 4 atom stereocenters. The van der Waals surface area contributed by atoms with Crippen LogP contribution in [0.5, 0.6) is 0 Å². The van der Waals surface area contributed by atoms with E-state index in [1.165, 1.54) is 0 Å². The van der Waals surface area contributed by atoms with E-state index in [9.17, 15) is 9.59 Å². The van der Waals surface area contributed by atoms with E-state index in [2.05, 4.69) is 0 Å². The summed E-state index contributed by atoms with van der Waals surface area (Å²) in [6.07, 6.45) is 4.36. The van der Waals surface area contributed by atoms with Crippen LogP contribution in [0, 0.1) is 23.7 Å². The molecule has 0 amide bonds. The zero-order valence-electron chi connectivity index (χ0n) is 6.88. The van der Waals surface area contributed by atoms with E-state index in [-0.39, 0.29) is 11.8 Å². The molecule has 0 aromatic heterocycles. The largest absolute Gasteiger partial charge is 0.481 e. The molecule has 2 aliphatic carbocycles. The van der Waals surface area contributed by atoms with Crippen molar-refractivity contribution in [2.24, 2.45) is 23.7 Å². The van der Waals surface area contributed by atoms with Crippen molar-refractivity contribution in [3.8, 4) is 0 Å². The van der Waals surface area contributed by atoms with Crippen molar-refractivity contribution < 1.29 is 19.8 Å². The fraction of sp³-hybridized carbons (Fsp3) is 0.556. The fourth-order valence-electron chi connectivity index (χ4n) is 2.50. The van der Waals surface area contributed by atoms with E-state index in [4.69, 9.17) is 10.2 Å². The van der Waals surface area contributed by atoms with Crippen molar-refractivity contribution in [1.29, 1.82) is 0 Å². The molecule has 1 saturated carbocycles. The minimum Gasteiger partial charge on any atom is -0.481 e. The molecule has 4 nitrogen and oxygen atoms in total. The Balaban J connectivity index is 2.30. The molecule has 1 fully saturated rings. The van der Waals surface area contributed by atoms with E-state index in [1.807, 2.05) is 12.2 Å². The molecule has 2 N–H and O–H groups in total. The van der Waals surface area contributed by atoms with Crippen LogP contribution in [0.1, 0.15) is 6.42 Å². The van der Waals surface area contributed by atoms with Gasteiger partial charge in [0.15, 0.2) is 0 Å². The monoisotopic (exact) mass is 182 g/mol. The number of carboxylic acids is 2. The van der Waals surface area contributed by atoms with Crippen LogP contribution in [-0.4, -0.2) is 22.2 Å². The predicted molar refractivity (Wildman–Crippen MR) is 43.0 cm³/mol. The highest BCUT2D eigenvalue weighted by Gasteiger charge is 2.51. The Bertz CT molecular complexity index is 266. The Labute approximate surface area is 74.9 Å². The molecule has 0 aromatic rings. The number of allylic oxidation sites excluding steroid dienone is 2. The summed E-state index contributed by atoms with van der Waals surface area (Å²) in [5.74, 6) is -3.53. The summed E-state index contributed by atoms with van der Waals surface area (Å²) in [5, 5.41) is 17.7. The van der Waals surface area contributed by atoms with E-state index < -0.39 is 23.8 Å². The second-order valence-corrected chi connectivity index (χ2v) is 3.68. The molecule has 1 unspecified atom stereocenters. The molecule has 0 spiro atoms. The first-order valence-corrected chi connectivity index (χ1v) is 4.25. The van der Waals surface area contributed by atoms with Crippen LogP contribution in [-0.2, 0) is 9.59 Å². The minimum absolute atomic E-state index is 0.0661. The van der Waals surface area contributed by atoms with E-state index >= 15 is 0 Å². The summed E-state index contributed by atoms with van der Waals surface area (Å²) in [4.78, 5) is 21.6. The molecular weight excluding hydrogens is 172 g/mol. The van der Waals surface area contributed by atoms with Gasteiger partial charge in [-0.3, -0.25) is 9.59 Å². The van der Waals surface area contributed by atoms with Gasteiger partial charge in [-0.05, 0) is 18.3 Å². The van der Waals surface area contributed by atoms with E-state index in [1.54, 1.807) is 0 Å². The maximum absolute atomic E-state index is 10.8. The highest BCUT2D eigenvalue weighted by molar-refractivity contribution is 5.82. The molecule has 0 radical (unpaired) electrons. The van der Waals surface area contributed by atoms with Crippen molar-refractivity contribution >= 4 is 11.9 Å². The topological polar surface area (TPSA) is 74.6 Å². The molecule has 2 bridgehead atoms. The molecule has 4 heteroatoms. The lowest BCUT2D eigenvalue weighted by Gasteiger charge is -2.20. The van der Waals surface area contributed by atoms with Crippen molar-refractivity contribution in [1.82, 2.24) is 0 Å². The highest BCUT2D eigenvalue weighted by Crippen LogP contribution is 2.48. The fourth-order valence-corrected chi connectivity index (χ4v) is 2.50. The molecule has 0 aliphatic heterocycles. The first-order chi connectivity index (χ1) is 6.11. The third-order valence-electron chi connectivity index (χ3n) is 3.03. The number of aliphatic carboxylic acids is 2. The molecule has 13 heavy (non-hydrogen) atoms. The summed E-state index contributed by atoms with van der Waals surface area (Å²) in [6, 6.07) is 0. The smallest absolute Gasteiger partial charge is 0.307 e. The van der Waals surface area contributed by atoms with Gasteiger partial charge in [0.2, 0.25) is 0 Å².